The van der Waals surface area contributed by atoms with Gasteiger partial charge in [-0.25, -0.2) is 9.37 Å². The number of nitrogens with one attached hydrogen (secondary N) is 1. The van der Waals surface area contributed by atoms with Crippen LogP contribution in [0.1, 0.15) is 28.9 Å². The zero-order valence-electron chi connectivity index (χ0n) is 13.3. The second-order valence-corrected chi connectivity index (χ2v) is 5.24. The fourth-order valence-corrected chi connectivity index (χ4v) is 2.16. The fraction of sp³-hybridized carbons (Fsp3) is 0.222. The molecular formula is C18H20FN3O. The minimum absolute atomic E-state index is 0.0311. The van der Waals surface area contributed by atoms with Crippen molar-refractivity contribution in [3.63, 3.8) is 0 Å². The Labute approximate surface area is 135 Å². The number of anilines is 1. The maximum Gasteiger partial charge on any atom is 0.253 e. The molecule has 23 heavy (non-hydrogen) atoms. The molecule has 1 amide bonds. The lowest BCUT2D eigenvalue weighted by molar-refractivity contribution is 0.0957. The molecule has 0 aliphatic carbocycles. The Morgan fingerprint density at radius 2 is 2.04 bits per heavy atom. The molecule has 0 spiro atoms. The van der Waals surface area contributed by atoms with Gasteiger partial charge in [-0.3, -0.25) is 4.79 Å². The van der Waals surface area contributed by atoms with Crippen LogP contribution in [-0.2, 0) is 0 Å². The maximum atomic E-state index is 13.0. The van der Waals surface area contributed by atoms with E-state index in [2.05, 4.69) is 16.9 Å². The third kappa shape index (κ3) is 4.16. The monoisotopic (exact) mass is 313 g/mol. The van der Waals surface area contributed by atoms with E-state index < -0.39 is 0 Å². The van der Waals surface area contributed by atoms with Crippen LogP contribution in [0.2, 0.25) is 0 Å². The number of amides is 1. The van der Waals surface area contributed by atoms with E-state index >= 15 is 0 Å². The van der Waals surface area contributed by atoms with Gasteiger partial charge in [0.15, 0.2) is 0 Å². The Kier molecular flexibility index (Phi) is 5.46. The third-order valence-corrected chi connectivity index (χ3v) is 3.71. The second kappa shape index (κ2) is 7.54. The highest BCUT2D eigenvalue weighted by molar-refractivity contribution is 5.94. The number of hydrogen-bond donors (Lipinski definition) is 1. The number of carbonyl (C=O) groups is 1. The van der Waals surface area contributed by atoms with E-state index in [1.807, 2.05) is 18.9 Å². The van der Waals surface area contributed by atoms with Crippen LogP contribution in [0.5, 0.6) is 0 Å². The van der Waals surface area contributed by atoms with Crippen LogP contribution in [0.25, 0.3) is 0 Å². The molecule has 1 aromatic carbocycles. The highest BCUT2D eigenvalue weighted by Crippen LogP contribution is 2.23. The van der Waals surface area contributed by atoms with E-state index in [1.165, 1.54) is 12.1 Å². The van der Waals surface area contributed by atoms with E-state index in [0.29, 0.717) is 12.1 Å². The molecule has 0 radical (unpaired) electrons. The van der Waals surface area contributed by atoms with Crippen molar-refractivity contribution in [2.45, 2.75) is 13.0 Å². The zero-order chi connectivity index (χ0) is 16.8. The van der Waals surface area contributed by atoms with E-state index in [9.17, 15) is 9.18 Å². The normalized spacial score (nSPS) is 11.6. The average Bonchev–Trinajstić information content (AvgIpc) is 2.59. The van der Waals surface area contributed by atoms with Gasteiger partial charge in [0, 0.05) is 19.8 Å². The van der Waals surface area contributed by atoms with Gasteiger partial charge in [-0.15, -0.1) is 6.58 Å². The molecule has 0 fully saturated rings. The van der Waals surface area contributed by atoms with Gasteiger partial charge >= 0.3 is 0 Å². The van der Waals surface area contributed by atoms with Crippen molar-refractivity contribution in [1.82, 2.24) is 10.3 Å². The SMILES string of the molecule is C=CCNC(=O)c1ccc(N(C)C(C)c2ccc(F)cc2)nc1. The predicted octanol–water partition coefficient (Wildman–Crippen LogP) is 3.33. The lowest BCUT2D eigenvalue weighted by Gasteiger charge is -2.26. The minimum Gasteiger partial charge on any atom is -0.353 e. The van der Waals surface area contributed by atoms with Gasteiger partial charge in [-0.2, -0.15) is 0 Å². The molecule has 0 saturated carbocycles. The maximum absolute atomic E-state index is 13.0. The molecule has 4 nitrogen and oxygen atoms in total. The number of aromatic nitrogens is 1. The summed E-state index contributed by atoms with van der Waals surface area (Å²) in [5, 5.41) is 2.71. The predicted molar refractivity (Wildman–Crippen MR) is 90.0 cm³/mol. The van der Waals surface area contributed by atoms with Crippen molar-refractivity contribution in [3.05, 3.63) is 72.2 Å². The van der Waals surface area contributed by atoms with E-state index in [-0.39, 0.29) is 17.8 Å². The third-order valence-electron chi connectivity index (χ3n) is 3.71. The summed E-state index contributed by atoms with van der Waals surface area (Å²) >= 11 is 0. The van der Waals surface area contributed by atoms with Crippen LogP contribution < -0.4 is 10.2 Å². The lowest BCUT2D eigenvalue weighted by atomic mass is 10.1. The van der Waals surface area contributed by atoms with Crippen LogP contribution in [0.3, 0.4) is 0 Å². The number of halogens is 1. The fourth-order valence-electron chi connectivity index (χ4n) is 2.16. The molecule has 0 saturated heterocycles. The van der Waals surface area contributed by atoms with Gasteiger partial charge in [0.05, 0.1) is 11.6 Å². The Hall–Kier alpha value is -2.69. The van der Waals surface area contributed by atoms with Crippen molar-refractivity contribution in [1.29, 1.82) is 0 Å². The number of benzene rings is 1. The molecule has 0 aliphatic heterocycles. The molecule has 1 unspecified atom stereocenters. The van der Waals surface area contributed by atoms with Gasteiger partial charge in [0.2, 0.25) is 0 Å². The Morgan fingerprint density at radius 3 is 2.61 bits per heavy atom. The molecule has 5 heteroatoms. The summed E-state index contributed by atoms with van der Waals surface area (Å²) in [7, 11) is 1.91. The molecule has 2 rings (SSSR count). The number of hydrogen-bond acceptors (Lipinski definition) is 3. The first-order chi connectivity index (χ1) is 11.0. The van der Waals surface area contributed by atoms with Crippen LogP contribution >= 0.6 is 0 Å². The standard InChI is InChI=1S/C18H20FN3O/c1-4-11-20-18(23)15-7-10-17(21-12-15)22(3)13(2)14-5-8-16(19)9-6-14/h4-10,12-13H,1,11H2,2-3H3,(H,20,23). The van der Waals surface area contributed by atoms with Crippen molar-refractivity contribution in [3.8, 4) is 0 Å². The highest BCUT2D eigenvalue weighted by Gasteiger charge is 2.14. The summed E-state index contributed by atoms with van der Waals surface area (Å²) in [6, 6.07) is 9.96. The summed E-state index contributed by atoms with van der Waals surface area (Å²) in [4.78, 5) is 18.1. The molecule has 1 heterocycles. The smallest absolute Gasteiger partial charge is 0.253 e. The average molecular weight is 313 g/mol. The molecule has 1 atom stereocenters. The first kappa shape index (κ1) is 16.7. The van der Waals surface area contributed by atoms with Crippen LogP contribution in [-0.4, -0.2) is 24.5 Å². The Bertz CT molecular complexity index is 668. The molecule has 120 valence electrons. The first-order valence-corrected chi connectivity index (χ1v) is 7.36. The van der Waals surface area contributed by atoms with Gasteiger partial charge in [0.25, 0.3) is 5.91 Å². The Balaban J connectivity index is 2.10. The zero-order valence-corrected chi connectivity index (χ0v) is 13.3. The Morgan fingerprint density at radius 1 is 1.35 bits per heavy atom. The number of nitrogens with zero attached hydrogens (tertiary/aromatic N) is 2. The van der Waals surface area contributed by atoms with Crippen molar-refractivity contribution in [2.75, 3.05) is 18.5 Å². The van der Waals surface area contributed by atoms with Gasteiger partial charge < -0.3 is 10.2 Å². The van der Waals surface area contributed by atoms with Crippen molar-refractivity contribution < 1.29 is 9.18 Å². The minimum atomic E-state index is -0.253. The number of rotatable bonds is 6. The first-order valence-electron chi connectivity index (χ1n) is 7.36. The van der Waals surface area contributed by atoms with E-state index in [1.54, 1.807) is 36.5 Å². The number of pyridine rings is 1. The molecule has 2 aromatic rings. The molecule has 0 aliphatic rings. The van der Waals surface area contributed by atoms with Crippen LogP contribution in [0, 0.1) is 5.82 Å². The van der Waals surface area contributed by atoms with E-state index in [4.69, 9.17) is 0 Å². The largest absolute Gasteiger partial charge is 0.353 e. The summed E-state index contributed by atoms with van der Waals surface area (Å²) in [5.74, 6) is 0.303. The molecule has 1 N–H and O–H groups in total. The van der Waals surface area contributed by atoms with Crippen molar-refractivity contribution in [2.24, 2.45) is 0 Å². The molecular weight excluding hydrogens is 293 g/mol. The number of carbonyl (C=O) groups excluding carboxylic acids is 1. The van der Waals surface area contributed by atoms with Crippen molar-refractivity contribution >= 4 is 11.7 Å². The molecule has 0 bridgehead atoms. The topological polar surface area (TPSA) is 45.2 Å². The van der Waals surface area contributed by atoms with Gasteiger partial charge in [0.1, 0.15) is 11.6 Å². The van der Waals surface area contributed by atoms with Gasteiger partial charge in [-0.1, -0.05) is 18.2 Å². The summed E-state index contributed by atoms with van der Waals surface area (Å²) in [6.45, 7) is 5.99. The second-order valence-electron chi connectivity index (χ2n) is 5.24. The lowest BCUT2D eigenvalue weighted by Crippen LogP contribution is -2.25. The summed E-state index contributed by atoms with van der Waals surface area (Å²) in [6.07, 6.45) is 3.17. The van der Waals surface area contributed by atoms with E-state index in [0.717, 1.165) is 11.4 Å². The highest BCUT2D eigenvalue weighted by atomic mass is 19.1. The summed E-state index contributed by atoms with van der Waals surface area (Å²) in [5.41, 5.74) is 1.49. The van der Waals surface area contributed by atoms with Gasteiger partial charge in [-0.05, 0) is 36.8 Å². The quantitative estimate of drug-likeness (QED) is 0.832. The molecule has 1 aromatic heterocycles. The van der Waals surface area contributed by atoms with Crippen LogP contribution in [0.4, 0.5) is 10.2 Å². The summed E-state index contributed by atoms with van der Waals surface area (Å²) < 4.78 is 13.0. The van der Waals surface area contributed by atoms with Crippen LogP contribution in [0.15, 0.2) is 55.3 Å².